The van der Waals surface area contributed by atoms with E-state index in [4.69, 9.17) is 0 Å². The zero-order chi connectivity index (χ0) is 10.9. The molecule has 0 aliphatic heterocycles. The highest BCUT2D eigenvalue weighted by Gasteiger charge is 2.30. The standard InChI is InChI=1S/C14H27N/c1-11(9-12-6-7-12)15-13-5-4-8-14(2,3)10-13/h11-13,15H,4-10H2,1-3H3. The van der Waals surface area contributed by atoms with Gasteiger partial charge in [0.1, 0.15) is 0 Å². The molecule has 2 aliphatic carbocycles. The van der Waals surface area contributed by atoms with Gasteiger partial charge in [-0.2, -0.15) is 0 Å². The van der Waals surface area contributed by atoms with Gasteiger partial charge < -0.3 is 5.32 Å². The van der Waals surface area contributed by atoms with Crippen LogP contribution < -0.4 is 5.32 Å². The molecule has 1 heteroatoms. The normalized spacial score (nSPS) is 32.6. The molecule has 0 amide bonds. The first-order valence-electron chi connectivity index (χ1n) is 6.81. The molecule has 1 nitrogen and oxygen atoms in total. The van der Waals surface area contributed by atoms with Gasteiger partial charge in [-0.05, 0) is 43.9 Å². The summed E-state index contributed by atoms with van der Waals surface area (Å²) in [6.45, 7) is 7.22. The average Bonchev–Trinajstić information content (AvgIpc) is 2.85. The maximum atomic E-state index is 3.85. The Balaban J connectivity index is 1.72. The monoisotopic (exact) mass is 209 g/mol. The molecule has 15 heavy (non-hydrogen) atoms. The lowest BCUT2D eigenvalue weighted by molar-refractivity contribution is 0.188. The highest BCUT2D eigenvalue weighted by Crippen LogP contribution is 2.36. The van der Waals surface area contributed by atoms with Crippen LogP contribution in [0.1, 0.15) is 65.7 Å². The first kappa shape index (κ1) is 11.4. The van der Waals surface area contributed by atoms with E-state index in [1.807, 2.05) is 0 Å². The van der Waals surface area contributed by atoms with Crippen molar-refractivity contribution in [3.63, 3.8) is 0 Å². The van der Waals surface area contributed by atoms with Gasteiger partial charge in [0, 0.05) is 12.1 Å². The van der Waals surface area contributed by atoms with Crippen LogP contribution in [0.5, 0.6) is 0 Å². The first-order chi connectivity index (χ1) is 7.05. The fourth-order valence-corrected chi connectivity index (χ4v) is 3.16. The van der Waals surface area contributed by atoms with Gasteiger partial charge in [0.2, 0.25) is 0 Å². The quantitative estimate of drug-likeness (QED) is 0.744. The number of rotatable bonds is 4. The van der Waals surface area contributed by atoms with Crippen LogP contribution in [0.2, 0.25) is 0 Å². The largest absolute Gasteiger partial charge is 0.311 e. The Morgan fingerprint density at radius 3 is 2.60 bits per heavy atom. The van der Waals surface area contributed by atoms with Crippen molar-refractivity contribution in [2.75, 3.05) is 0 Å². The van der Waals surface area contributed by atoms with E-state index in [-0.39, 0.29) is 0 Å². The summed E-state index contributed by atoms with van der Waals surface area (Å²) < 4.78 is 0. The zero-order valence-electron chi connectivity index (χ0n) is 10.7. The molecule has 0 bridgehead atoms. The maximum absolute atomic E-state index is 3.85. The summed E-state index contributed by atoms with van der Waals surface area (Å²) >= 11 is 0. The summed E-state index contributed by atoms with van der Waals surface area (Å²) in [5.41, 5.74) is 0.579. The fourth-order valence-electron chi connectivity index (χ4n) is 3.16. The van der Waals surface area contributed by atoms with Gasteiger partial charge in [0.15, 0.2) is 0 Å². The number of hydrogen-bond acceptors (Lipinski definition) is 1. The smallest absolute Gasteiger partial charge is 0.00746 e. The fraction of sp³-hybridized carbons (Fsp3) is 1.00. The third kappa shape index (κ3) is 3.79. The van der Waals surface area contributed by atoms with E-state index in [9.17, 15) is 0 Å². The molecule has 88 valence electrons. The van der Waals surface area contributed by atoms with Crippen molar-refractivity contribution in [2.45, 2.75) is 77.8 Å². The second-order valence-corrected chi connectivity index (χ2v) is 6.70. The molecule has 1 N–H and O–H groups in total. The molecule has 2 aliphatic rings. The van der Waals surface area contributed by atoms with Crippen molar-refractivity contribution >= 4 is 0 Å². The second kappa shape index (κ2) is 4.45. The molecule has 2 saturated carbocycles. The summed E-state index contributed by atoms with van der Waals surface area (Å²) in [5.74, 6) is 1.06. The molecule has 0 aromatic rings. The van der Waals surface area contributed by atoms with Crippen molar-refractivity contribution in [1.29, 1.82) is 0 Å². The van der Waals surface area contributed by atoms with Crippen LogP contribution in [-0.2, 0) is 0 Å². The van der Waals surface area contributed by atoms with Gasteiger partial charge in [-0.3, -0.25) is 0 Å². The minimum absolute atomic E-state index is 0.579. The predicted molar refractivity (Wildman–Crippen MR) is 66.0 cm³/mol. The van der Waals surface area contributed by atoms with Crippen LogP contribution in [0.4, 0.5) is 0 Å². The van der Waals surface area contributed by atoms with Gasteiger partial charge in [0.25, 0.3) is 0 Å². The lowest BCUT2D eigenvalue weighted by Crippen LogP contribution is -2.42. The van der Waals surface area contributed by atoms with Crippen LogP contribution in [0.15, 0.2) is 0 Å². The molecule has 0 saturated heterocycles. The zero-order valence-corrected chi connectivity index (χ0v) is 10.7. The van der Waals surface area contributed by atoms with Gasteiger partial charge in [0.05, 0.1) is 0 Å². The van der Waals surface area contributed by atoms with Gasteiger partial charge in [-0.25, -0.2) is 0 Å². The lowest BCUT2D eigenvalue weighted by atomic mass is 9.75. The van der Waals surface area contributed by atoms with Crippen molar-refractivity contribution in [1.82, 2.24) is 5.32 Å². The highest BCUT2D eigenvalue weighted by atomic mass is 14.9. The molecule has 0 aromatic carbocycles. The molecular formula is C14H27N. The third-order valence-corrected chi connectivity index (χ3v) is 4.11. The Labute approximate surface area is 95.0 Å². The van der Waals surface area contributed by atoms with Crippen molar-refractivity contribution in [3.8, 4) is 0 Å². The topological polar surface area (TPSA) is 12.0 Å². The predicted octanol–water partition coefficient (Wildman–Crippen LogP) is 3.73. The molecule has 2 rings (SSSR count). The van der Waals surface area contributed by atoms with E-state index >= 15 is 0 Å². The van der Waals surface area contributed by atoms with Gasteiger partial charge in [-0.15, -0.1) is 0 Å². The van der Waals surface area contributed by atoms with Crippen LogP contribution in [0, 0.1) is 11.3 Å². The van der Waals surface area contributed by atoms with E-state index in [2.05, 4.69) is 26.1 Å². The van der Waals surface area contributed by atoms with E-state index in [1.54, 1.807) is 0 Å². The van der Waals surface area contributed by atoms with Gasteiger partial charge in [-0.1, -0.05) is 33.1 Å². The van der Waals surface area contributed by atoms with Crippen molar-refractivity contribution in [3.05, 3.63) is 0 Å². The summed E-state index contributed by atoms with van der Waals surface area (Å²) in [6, 6.07) is 1.54. The lowest BCUT2D eigenvalue weighted by Gasteiger charge is -2.37. The van der Waals surface area contributed by atoms with Crippen LogP contribution in [0.25, 0.3) is 0 Å². The average molecular weight is 209 g/mol. The summed E-state index contributed by atoms with van der Waals surface area (Å²) in [6.07, 6.45) is 10.0. The third-order valence-electron chi connectivity index (χ3n) is 4.11. The summed E-state index contributed by atoms with van der Waals surface area (Å²) in [5, 5.41) is 3.85. The van der Waals surface area contributed by atoms with E-state index < -0.39 is 0 Å². The first-order valence-corrected chi connectivity index (χ1v) is 6.81. The second-order valence-electron chi connectivity index (χ2n) is 6.70. The van der Waals surface area contributed by atoms with E-state index in [1.165, 1.54) is 44.9 Å². The summed E-state index contributed by atoms with van der Waals surface area (Å²) in [4.78, 5) is 0. The Morgan fingerprint density at radius 1 is 1.27 bits per heavy atom. The Kier molecular flexibility index (Phi) is 3.39. The van der Waals surface area contributed by atoms with Crippen molar-refractivity contribution < 1.29 is 0 Å². The minimum Gasteiger partial charge on any atom is -0.311 e. The molecule has 0 aromatic heterocycles. The molecular weight excluding hydrogens is 182 g/mol. The Morgan fingerprint density at radius 2 is 2.00 bits per heavy atom. The van der Waals surface area contributed by atoms with Crippen LogP contribution in [-0.4, -0.2) is 12.1 Å². The van der Waals surface area contributed by atoms with E-state index in [0.29, 0.717) is 5.41 Å². The molecule has 0 spiro atoms. The summed E-state index contributed by atoms with van der Waals surface area (Å²) in [7, 11) is 0. The molecule has 2 fully saturated rings. The maximum Gasteiger partial charge on any atom is 0.00746 e. The van der Waals surface area contributed by atoms with Crippen LogP contribution >= 0.6 is 0 Å². The molecule has 2 unspecified atom stereocenters. The Bertz CT molecular complexity index is 205. The molecule has 2 atom stereocenters. The number of hydrogen-bond donors (Lipinski definition) is 1. The highest BCUT2D eigenvalue weighted by molar-refractivity contribution is 4.86. The number of nitrogens with one attached hydrogen (secondary N) is 1. The Hall–Kier alpha value is -0.0400. The minimum atomic E-state index is 0.579. The van der Waals surface area contributed by atoms with E-state index in [0.717, 1.165) is 18.0 Å². The molecule has 0 radical (unpaired) electrons. The van der Waals surface area contributed by atoms with Gasteiger partial charge >= 0.3 is 0 Å². The SMILES string of the molecule is CC(CC1CC1)NC1CCCC(C)(C)C1. The molecule has 0 heterocycles. The van der Waals surface area contributed by atoms with Crippen molar-refractivity contribution in [2.24, 2.45) is 11.3 Å². The van der Waals surface area contributed by atoms with Crippen LogP contribution in [0.3, 0.4) is 0 Å².